The smallest absolute Gasteiger partial charge is 0.159 e. The van der Waals surface area contributed by atoms with Crippen LogP contribution >= 0.6 is 11.6 Å². The van der Waals surface area contributed by atoms with Crippen LogP contribution in [0.4, 0.5) is 0 Å². The van der Waals surface area contributed by atoms with Gasteiger partial charge in [0.15, 0.2) is 5.15 Å². The van der Waals surface area contributed by atoms with Crippen molar-refractivity contribution < 1.29 is 0 Å². The standard InChI is InChI=1S/C13H12ClN5/c1-2-7-19-11(8-15-18-19)12-9-5-3-4-6-10(9)13(14)17-16-12/h3-6,8H,2,7H2,1H3. The molecule has 1 aromatic carbocycles. The van der Waals surface area contributed by atoms with Gasteiger partial charge in [-0.15, -0.1) is 15.3 Å². The van der Waals surface area contributed by atoms with Crippen LogP contribution in [0.3, 0.4) is 0 Å². The van der Waals surface area contributed by atoms with Gasteiger partial charge in [0.2, 0.25) is 0 Å². The molecule has 0 atom stereocenters. The summed E-state index contributed by atoms with van der Waals surface area (Å²) in [6, 6.07) is 7.80. The third-order valence-electron chi connectivity index (χ3n) is 2.94. The van der Waals surface area contributed by atoms with Crippen LogP contribution in [0.1, 0.15) is 13.3 Å². The minimum atomic E-state index is 0.411. The summed E-state index contributed by atoms with van der Waals surface area (Å²) in [5.41, 5.74) is 1.63. The van der Waals surface area contributed by atoms with E-state index in [1.54, 1.807) is 6.20 Å². The van der Waals surface area contributed by atoms with Gasteiger partial charge in [-0.2, -0.15) is 0 Å². The van der Waals surface area contributed by atoms with Crippen molar-refractivity contribution in [2.45, 2.75) is 19.9 Å². The first kappa shape index (κ1) is 12.0. The molecule has 0 saturated heterocycles. The third-order valence-corrected chi connectivity index (χ3v) is 3.22. The SMILES string of the molecule is CCCn1nncc1-c1nnc(Cl)c2ccccc12. The average Bonchev–Trinajstić information content (AvgIpc) is 2.88. The van der Waals surface area contributed by atoms with Crippen molar-refractivity contribution in [1.29, 1.82) is 0 Å². The molecule has 0 N–H and O–H groups in total. The predicted octanol–water partition coefficient (Wildman–Crippen LogP) is 2.95. The fourth-order valence-corrected chi connectivity index (χ4v) is 2.28. The van der Waals surface area contributed by atoms with E-state index in [0.717, 1.165) is 35.1 Å². The molecular formula is C13H12ClN5. The zero-order valence-corrected chi connectivity index (χ0v) is 11.2. The van der Waals surface area contributed by atoms with E-state index in [0.29, 0.717) is 5.15 Å². The van der Waals surface area contributed by atoms with Gasteiger partial charge in [0, 0.05) is 17.3 Å². The lowest BCUT2D eigenvalue weighted by Crippen LogP contribution is -2.03. The monoisotopic (exact) mass is 273 g/mol. The van der Waals surface area contributed by atoms with Gasteiger partial charge < -0.3 is 0 Å². The summed E-state index contributed by atoms with van der Waals surface area (Å²) in [6.45, 7) is 2.89. The lowest BCUT2D eigenvalue weighted by molar-refractivity contribution is 0.583. The maximum atomic E-state index is 6.08. The Morgan fingerprint density at radius 3 is 2.74 bits per heavy atom. The molecule has 3 rings (SSSR count). The summed E-state index contributed by atoms with van der Waals surface area (Å²) in [6.07, 6.45) is 2.69. The minimum absolute atomic E-state index is 0.411. The lowest BCUT2D eigenvalue weighted by Gasteiger charge is -2.07. The fourth-order valence-electron chi connectivity index (χ4n) is 2.08. The van der Waals surface area contributed by atoms with Crippen molar-refractivity contribution in [2.24, 2.45) is 0 Å². The highest BCUT2D eigenvalue weighted by molar-refractivity contribution is 6.34. The molecular weight excluding hydrogens is 262 g/mol. The Morgan fingerprint density at radius 1 is 1.16 bits per heavy atom. The average molecular weight is 274 g/mol. The summed E-state index contributed by atoms with van der Waals surface area (Å²) in [5.74, 6) is 0. The lowest BCUT2D eigenvalue weighted by atomic mass is 10.1. The molecule has 19 heavy (non-hydrogen) atoms. The van der Waals surface area contributed by atoms with E-state index >= 15 is 0 Å². The molecule has 0 fully saturated rings. The summed E-state index contributed by atoms with van der Waals surface area (Å²) in [7, 11) is 0. The highest BCUT2D eigenvalue weighted by Gasteiger charge is 2.13. The van der Waals surface area contributed by atoms with Crippen molar-refractivity contribution in [3.05, 3.63) is 35.6 Å². The van der Waals surface area contributed by atoms with Crippen molar-refractivity contribution in [3.8, 4) is 11.4 Å². The van der Waals surface area contributed by atoms with E-state index in [4.69, 9.17) is 11.6 Å². The zero-order chi connectivity index (χ0) is 13.2. The van der Waals surface area contributed by atoms with Gasteiger partial charge in [0.25, 0.3) is 0 Å². The van der Waals surface area contributed by atoms with Crippen LogP contribution in [0.15, 0.2) is 30.5 Å². The van der Waals surface area contributed by atoms with Crippen LogP contribution in [0.2, 0.25) is 5.15 Å². The molecule has 0 bridgehead atoms. The number of hydrogen-bond acceptors (Lipinski definition) is 4. The van der Waals surface area contributed by atoms with Crippen LogP contribution in [0.5, 0.6) is 0 Å². The van der Waals surface area contributed by atoms with Crippen LogP contribution in [0, 0.1) is 0 Å². The van der Waals surface area contributed by atoms with Gasteiger partial charge >= 0.3 is 0 Å². The van der Waals surface area contributed by atoms with Crippen molar-refractivity contribution in [3.63, 3.8) is 0 Å². The number of hydrogen-bond donors (Lipinski definition) is 0. The number of nitrogens with zero attached hydrogens (tertiary/aromatic N) is 5. The second-order valence-corrected chi connectivity index (χ2v) is 4.59. The summed E-state index contributed by atoms with van der Waals surface area (Å²) < 4.78 is 1.84. The number of fused-ring (bicyclic) bond motifs is 1. The van der Waals surface area contributed by atoms with Gasteiger partial charge in [0.05, 0.1) is 6.20 Å². The minimum Gasteiger partial charge on any atom is -0.243 e. The first-order chi connectivity index (χ1) is 9.31. The van der Waals surface area contributed by atoms with E-state index in [1.165, 1.54) is 0 Å². The number of aromatic nitrogens is 5. The van der Waals surface area contributed by atoms with E-state index in [2.05, 4.69) is 27.4 Å². The van der Waals surface area contributed by atoms with Gasteiger partial charge in [-0.1, -0.05) is 48.0 Å². The van der Waals surface area contributed by atoms with E-state index in [1.807, 2.05) is 28.9 Å². The Balaban J connectivity index is 2.25. The Bertz CT molecular complexity index is 722. The third kappa shape index (κ3) is 2.06. The fraction of sp³-hybridized carbons (Fsp3) is 0.231. The molecule has 0 spiro atoms. The van der Waals surface area contributed by atoms with Gasteiger partial charge in [-0.25, -0.2) is 4.68 Å². The number of aryl methyl sites for hydroxylation is 1. The summed E-state index contributed by atoms with van der Waals surface area (Å²) in [5, 5.41) is 18.5. The predicted molar refractivity (Wildman–Crippen MR) is 73.9 cm³/mol. The Morgan fingerprint density at radius 2 is 1.95 bits per heavy atom. The zero-order valence-electron chi connectivity index (χ0n) is 10.4. The van der Waals surface area contributed by atoms with Crippen LogP contribution in [-0.2, 0) is 6.54 Å². The second kappa shape index (κ2) is 4.93. The quantitative estimate of drug-likeness (QED) is 0.736. The molecule has 0 radical (unpaired) electrons. The Labute approximate surface area is 115 Å². The van der Waals surface area contributed by atoms with Crippen molar-refractivity contribution in [2.75, 3.05) is 0 Å². The first-order valence-corrected chi connectivity index (χ1v) is 6.49. The molecule has 0 aliphatic carbocycles. The van der Waals surface area contributed by atoms with Crippen LogP contribution < -0.4 is 0 Å². The second-order valence-electron chi connectivity index (χ2n) is 4.23. The largest absolute Gasteiger partial charge is 0.243 e. The van der Waals surface area contributed by atoms with Gasteiger partial charge in [-0.3, -0.25) is 0 Å². The van der Waals surface area contributed by atoms with Crippen molar-refractivity contribution in [1.82, 2.24) is 25.2 Å². The molecule has 0 amide bonds. The molecule has 5 nitrogen and oxygen atoms in total. The van der Waals surface area contributed by atoms with Crippen LogP contribution in [-0.4, -0.2) is 25.2 Å². The Kier molecular flexibility index (Phi) is 3.13. The molecule has 0 aliphatic heterocycles. The maximum Gasteiger partial charge on any atom is 0.159 e. The molecule has 2 aromatic heterocycles. The van der Waals surface area contributed by atoms with E-state index in [-0.39, 0.29) is 0 Å². The number of halogens is 1. The molecule has 2 heterocycles. The molecule has 96 valence electrons. The van der Waals surface area contributed by atoms with E-state index in [9.17, 15) is 0 Å². The van der Waals surface area contributed by atoms with Crippen LogP contribution in [0.25, 0.3) is 22.2 Å². The molecule has 6 heteroatoms. The maximum absolute atomic E-state index is 6.08. The number of benzene rings is 1. The van der Waals surface area contributed by atoms with Crippen molar-refractivity contribution >= 4 is 22.4 Å². The molecule has 0 unspecified atom stereocenters. The van der Waals surface area contributed by atoms with E-state index < -0.39 is 0 Å². The van der Waals surface area contributed by atoms with Gasteiger partial charge in [0.1, 0.15) is 11.4 Å². The summed E-state index contributed by atoms with van der Waals surface area (Å²) in [4.78, 5) is 0. The highest BCUT2D eigenvalue weighted by atomic mass is 35.5. The first-order valence-electron chi connectivity index (χ1n) is 6.11. The normalized spacial score (nSPS) is 11.1. The topological polar surface area (TPSA) is 56.5 Å². The molecule has 0 saturated carbocycles. The van der Waals surface area contributed by atoms with Gasteiger partial charge in [-0.05, 0) is 6.42 Å². The number of rotatable bonds is 3. The molecule has 3 aromatic rings. The highest BCUT2D eigenvalue weighted by Crippen LogP contribution is 2.28. The Hall–Kier alpha value is -2.01. The summed E-state index contributed by atoms with van der Waals surface area (Å²) >= 11 is 6.08. The molecule has 0 aliphatic rings.